The summed E-state index contributed by atoms with van der Waals surface area (Å²) in [6.45, 7) is 5.95. The van der Waals surface area contributed by atoms with Crippen LogP contribution in [0.3, 0.4) is 0 Å². The number of piperazine rings is 1. The molecule has 4 nitrogen and oxygen atoms in total. The Hall–Kier alpha value is -1.62. The summed E-state index contributed by atoms with van der Waals surface area (Å²) in [6.07, 6.45) is 0. The zero-order valence-corrected chi connectivity index (χ0v) is 10.5. The summed E-state index contributed by atoms with van der Waals surface area (Å²) in [5, 5.41) is 3.45. The minimum Gasteiger partial charge on any atom is -0.423 e. The summed E-state index contributed by atoms with van der Waals surface area (Å²) in [5.74, 6) is -0.288. The molecule has 0 saturated carbocycles. The Labute approximate surface area is 105 Å². The second kappa shape index (κ2) is 4.24. The van der Waals surface area contributed by atoms with E-state index in [1.54, 1.807) is 6.07 Å². The summed E-state index contributed by atoms with van der Waals surface area (Å²) in [7, 11) is 0. The normalized spacial score (nSPS) is 24.7. The van der Waals surface area contributed by atoms with E-state index in [1.165, 1.54) is 12.1 Å². The molecule has 1 saturated heterocycles. The van der Waals surface area contributed by atoms with Gasteiger partial charge in [0.05, 0.1) is 0 Å². The van der Waals surface area contributed by atoms with E-state index in [4.69, 9.17) is 4.42 Å². The second-order valence-electron chi connectivity index (χ2n) is 4.98. The van der Waals surface area contributed by atoms with Crippen LogP contribution in [0.5, 0.6) is 0 Å². The smallest absolute Gasteiger partial charge is 0.298 e. The van der Waals surface area contributed by atoms with Gasteiger partial charge >= 0.3 is 0 Å². The SMILES string of the molecule is C[C@@H]1CN(c2nc3cc(F)ccc3o2)C[C@@H](C)N1. The number of aromatic nitrogens is 1. The highest BCUT2D eigenvalue weighted by atomic mass is 19.1. The van der Waals surface area contributed by atoms with Crippen molar-refractivity contribution in [1.29, 1.82) is 0 Å². The maximum atomic E-state index is 13.1. The van der Waals surface area contributed by atoms with Crippen LogP contribution in [0.2, 0.25) is 0 Å². The molecule has 0 unspecified atom stereocenters. The highest BCUT2D eigenvalue weighted by Gasteiger charge is 2.24. The first-order valence-corrected chi connectivity index (χ1v) is 6.19. The first-order chi connectivity index (χ1) is 8.61. The van der Waals surface area contributed by atoms with E-state index in [9.17, 15) is 4.39 Å². The molecule has 0 amide bonds. The summed E-state index contributed by atoms with van der Waals surface area (Å²) >= 11 is 0. The van der Waals surface area contributed by atoms with Gasteiger partial charge in [0.2, 0.25) is 0 Å². The predicted molar refractivity (Wildman–Crippen MR) is 68.2 cm³/mol. The molecule has 2 aromatic rings. The number of halogens is 1. The molecule has 1 fully saturated rings. The Morgan fingerprint density at radius 3 is 2.78 bits per heavy atom. The van der Waals surface area contributed by atoms with E-state index in [1.807, 2.05) is 0 Å². The van der Waals surface area contributed by atoms with Crippen LogP contribution in [0.1, 0.15) is 13.8 Å². The molecule has 18 heavy (non-hydrogen) atoms. The van der Waals surface area contributed by atoms with E-state index >= 15 is 0 Å². The number of nitrogens with zero attached hydrogens (tertiary/aromatic N) is 2. The summed E-state index contributed by atoms with van der Waals surface area (Å²) in [5.41, 5.74) is 1.20. The van der Waals surface area contributed by atoms with Gasteiger partial charge in [0.25, 0.3) is 6.01 Å². The molecule has 96 valence electrons. The number of oxazole rings is 1. The average Bonchev–Trinajstić information content (AvgIpc) is 2.70. The molecule has 5 heteroatoms. The van der Waals surface area contributed by atoms with Crippen LogP contribution >= 0.6 is 0 Å². The molecule has 0 aliphatic carbocycles. The Balaban J connectivity index is 1.93. The van der Waals surface area contributed by atoms with E-state index in [2.05, 4.69) is 29.0 Å². The quantitative estimate of drug-likeness (QED) is 0.841. The highest BCUT2D eigenvalue weighted by molar-refractivity contribution is 5.74. The lowest BCUT2D eigenvalue weighted by Gasteiger charge is -2.35. The largest absolute Gasteiger partial charge is 0.423 e. The van der Waals surface area contributed by atoms with Crippen LogP contribution in [-0.4, -0.2) is 30.2 Å². The average molecular weight is 249 g/mol. The lowest BCUT2D eigenvalue weighted by Crippen LogP contribution is -2.54. The van der Waals surface area contributed by atoms with Crippen molar-refractivity contribution in [3.63, 3.8) is 0 Å². The minimum absolute atomic E-state index is 0.288. The first kappa shape index (κ1) is 11.5. The Bertz CT molecular complexity index is 558. The molecule has 0 radical (unpaired) electrons. The minimum atomic E-state index is -0.288. The van der Waals surface area contributed by atoms with E-state index < -0.39 is 0 Å². The molecule has 1 N–H and O–H groups in total. The van der Waals surface area contributed by atoms with E-state index in [0.717, 1.165) is 13.1 Å². The van der Waals surface area contributed by atoms with E-state index in [0.29, 0.717) is 29.2 Å². The standard InChI is InChI=1S/C13H16FN3O/c1-8-6-17(7-9(2)15-8)13-16-11-5-10(14)3-4-12(11)18-13/h3-5,8-9,15H,6-7H2,1-2H3/t8-,9-/m1/s1. The maximum Gasteiger partial charge on any atom is 0.298 e. The van der Waals surface area contributed by atoms with Crippen molar-refractivity contribution in [2.45, 2.75) is 25.9 Å². The van der Waals surface area contributed by atoms with Crippen molar-refractivity contribution in [3.8, 4) is 0 Å². The van der Waals surface area contributed by atoms with Crippen molar-refractivity contribution in [2.75, 3.05) is 18.0 Å². The van der Waals surface area contributed by atoms with Gasteiger partial charge in [-0.25, -0.2) is 4.39 Å². The third-order valence-corrected chi connectivity index (χ3v) is 3.17. The van der Waals surface area contributed by atoms with Crippen LogP contribution in [0.25, 0.3) is 11.1 Å². The molecule has 0 bridgehead atoms. The number of benzene rings is 1. The van der Waals surface area contributed by atoms with Crippen LogP contribution in [0.15, 0.2) is 22.6 Å². The van der Waals surface area contributed by atoms with Gasteiger partial charge in [-0.05, 0) is 26.0 Å². The lowest BCUT2D eigenvalue weighted by molar-refractivity contribution is 0.389. The molecule has 1 aliphatic heterocycles. The number of fused-ring (bicyclic) bond motifs is 1. The summed E-state index contributed by atoms with van der Waals surface area (Å²) < 4.78 is 18.8. The van der Waals surface area contributed by atoms with Crippen molar-refractivity contribution in [2.24, 2.45) is 0 Å². The molecule has 1 aliphatic rings. The van der Waals surface area contributed by atoms with Crippen LogP contribution in [0.4, 0.5) is 10.4 Å². The number of anilines is 1. The molecule has 3 rings (SSSR count). The molecule has 1 aromatic carbocycles. The first-order valence-electron chi connectivity index (χ1n) is 6.19. The Kier molecular flexibility index (Phi) is 2.70. The van der Waals surface area contributed by atoms with Gasteiger partial charge in [0, 0.05) is 31.2 Å². The predicted octanol–water partition coefficient (Wildman–Crippen LogP) is 2.15. The molecular formula is C13H16FN3O. The van der Waals surface area contributed by atoms with Crippen LogP contribution < -0.4 is 10.2 Å². The van der Waals surface area contributed by atoms with E-state index in [-0.39, 0.29) is 5.82 Å². The fourth-order valence-corrected chi connectivity index (χ4v) is 2.51. The number of nitrogens with one attached hydrogen (secondary N) is 1. The second-order valence-corrected chi connectivity index (χ2v) is 4.98. The van der Waals surface area contributed by atoms with Crippen molar-refractivity contribution in [1.82, 2.24) is 10.3 Å². The van der Waals surface area contributed by atoms with Gasteiger partial charge in [-0.15, -0.1) is 0 Å². The number of hydrogen-bond acceptors (Lipinski definition) is 4. The third kappa shape index (κ3) is 2.06. The van der Waals surface area contributed by atoms with Gasteiger partial charge < -0.3 is 14.6 Å². The Morgan fingerprint density at radius 2 is 2.06 bits per heavy atom. The molecule has 2 atom stereocenters. The van der Waals surface area contributed by atoms with Gasteiger partial charge in [0.1, 0.15) is 11.3 Å². The molecule has 0 spiro atoms. The molecular weight excluding hydrogens is 233 g/mol. The van der Waals surface area contributed by atoms with Crippen molar-refractivity contribution < 1.29 is 8.81 Å². The zero-order valence-electron chi connectivity index (χ0n) is 10.5. The highest BCUT2D eigenvalue weighted by Crippen LogP contribution is 2.23. The number of hydrogen-bond donors (Lipinski definition) is 1. The topological polar surface area (TPSA) is 41.3 Å². The van der Waals surface area contributed by atoms with Gasteiger partial charge in [-0.2, -0.15) is 4.98 Å². The zero-order chi connectivity index (χ0) is 12.7. The summed E-state index contributed by atoms with van der Waals surface area (Å²) in [6, 6.07) is 5.77. The third-order valence-electron chi connectivity index (χ3n) is 3.17. The Morgan fingerprint density at radius 1 is 1.33 bits per heavy atom. The van der Waals surface area contributed by atoms with Gasteiger partial charge in [-0.1, -0.05) is 0 Å². The molecule has 1 aromatic heterocycles. The van der Waals surface area contributed by atoms with Crippen LogP contribution in [0, 0.1) is 5.82 Å². The van der Waals surface area contributed by atoms with Gasteiger partial charge in [-0.3, -0.25) is 0 Å². The fraction of sp³-hybridized carbons (Fsp3) is 0.462. The lowest BCUT2D eigenvalue weighted by atomic mass is 10.2. The number of rotatable bonds is 1. The fourth-order valence-electron chi connectivity index (χ4n) is 2.51. The molecule has 2 heterocycles. The maximum absolute atomic E-state index is 13.1. The van der Waals surface area contributed by atoms with Gasteiger partial charge in [0.15, 0.2) is 5.58 Å². The van der Waals surface area contributed by atoms with Crippen LogP contribution in [-0.2, 0) is 0 Å². The van der Waals surface area contributed by atoms with Crippen molar-refractivity contribution in [3.05, 3.63) is 24.0 Å². The monoisotopic (exact) mass is 249 g/mol. The van der Waals surface area contributed by atoms with Crippen molar-refractivity contribution >= 4 is 17.1 Å². The summed E-state index contributed by atoms with van der Waals surface area (Å²) in [4.78, 5) is 6.46.